The highest BCUT2D eigenvalue weighted by molar-refractivity contribution is 5.47. The van der Waals surface area contributed by atoms with Crippen LogP contribution >= 0.6 is 0 Å². The van der Waals surface area contributed by atoms with Gasteiger partial charge < -0.3 is 92.3 Å². The van der Waals surface area contributed by atoms with Gasteiger partial charge >= 0.3 is 18.0 Å². The van der Waals surface area contributed by atoms with Crippen LogP contribution in [0, 0.1) is 0 Å². The Morgan fingerprint density at radius 3 is 0.602 bits per heavy atom. The van der Waals surface area contributed by atoms with Gasteiger partial charge in [0.2, 0.25) is 35.7 Å². The Labute approximate surface area is 745 Å². The largest absolute Gasteiger partial charge is 0.460 e. The maximum atomic E-state index is 7.41. The second kappa shape index (κ2) is 33.7. The Morgan fingerprint density at radius 2 is 0.398 bits per heavy atom. The number of nitrogens with one attached hydrogen (secondary N) is 11. The van der Waals surface area contributed by atoms with Crippen molar-refractivity contribution in [3.8, 4) is 18.0 Å². The first-order valence-electron chi connectivity index (χ1n) is 47.8. The van der Waals surface area contributed by atoms with Crippen LogP contribution in [0.1, 0.15) is 378 Å². The summed E-state index contributed by atoms with van der Waals surface area (Å²) in [5, 5.41) is 43.6. The van der Waals surface area contributed by atoms with Crippen LogP contribution in [0.4, 0.5) is 35.7 Å². The van der Waals surface area contributed by atoms with Gasteiger partial charge in [-0.25, -0.2) is 0 Å². The molecule has 0 aliphatic carbocycles. The lowest BCUT2D eigenvalue weighted by atomic mass is 9.75. The quantitative estimate of drug-likeness (QED) is 0.0333. The van der Waals surface area contributed by atoms with Gasteiger partial charge in [-0.05, 0) is 339 Å². The highest BCUT2D eigenvalue weighted by Gasteiger charge is 2.53. The Hall–Kier alpha value is -5.13. The molecule has 0 saturated carbocycles. The van der Waals surface area contributed by atoms with Crippen molar-refractivity contribution in [2.24, 2.45) is 0 Å². The van der Waals surface area contributed by atoms with Crippen LogP contribution in [0.25, 0.3) is 0 Å². The highest BCUT2D eigenvalue weighted by atomic mass is 16.5. The van der Waals surface area contributed by atoms with Gasteiger partial charge in [0.05, 0.1) is 0 Å². The summed E-state index contributed by atoms with van der Waals surface area (Å²) in [5.74, 6) is 3.55. The third-order valence-corrected chi connectivity index (χ3v) is 27.2. The van der Waals surface area contributed by atoms with Crippen molar-refractivity contribution in [1.29, 1.82) is 0 Å². The molecule has 698 valence electrons. The van der Waals surface area contributed by atoms with E-state index in [4.69, 9.17) is 59.1 Å². The molecule has 0 amide bonds. The van der Waals surface area contributed by atoms with Crippen molar-refractivity contribution in [3.05, 3.63) is 0 Å². The van der Waals surface area contributed by atoms with Gasteiger partial charge in [-0.2, -0.15) is 44.9 Å². The number of hydrogen-bond acceptors (Lipinski definition) is 27. The van der Waals surface area contributed by atoms with E-state index in [2.05, 4.69) is 327 Å². The van der Waals surface area contributed by atoms with E-state index in [1.165, 1.54) is 0 Å². The van der Waals surface area contributed by atoms with Gasteiger partial charge in [0.1, 0.15) is 18.3 Å². The van der Waals surface area contributed by atoms with Gasteiger partial charge in [-0.15, -0.1) is 0 Å². The lowest BCUT2D eigenvalue weighted by Gasteiger charge is -2.55. The number of anilines is 6. The van der Waals surface area contributed by atoms with Crippen LogP contribution in [0.2, 0.25) is 0 Å². The molecule has 9 fully saturated rings. The van der Waals surface area contributed by atoms with Gasteiger partial charge in [-0.1, -0.05) is 0 Å². The predicted molar refractivity (Wildman–Crippen MR) is 506 cm³/mol. The number of nitrogens with zero attached hydrogens (tertiary/aromatic N) is 13. The summed E-state index contributed by atoms with van der Waals surface area (Å²) in [6.45, 7) is 86.0. The summed E-state index contributed by atoms with van der Waals surface area (Å²) in [5.41, 5.74) is -3.04. The van der Waals surface area contributed by atoms with Gasteiger partial charge in [0.25, 0.3) is 0 Å². The van der Waals surface area contributed by atoms with Crippen LogP contribution in [0.3, 0.4) is 0 Å². The molecule has 0 unspecified atom stereocenters. The molecule has 9 aliphatic rings. The molecule has 0 aromatic carbocycles. The van der Waals surface area contributed by atoms with Gasteiger partial charge in [0.15, 0.2) is 0 Å². The van der Waals surface area contributed by atoms with Crippen LogP contribution < -0.4 is 92.3 Å². The molecule has 0 bridgehead atoms. The van der Waals surface area contributed by atoms with Crippen molar-refractivity contribution < 1.29 is 14.2 Å². The molecule has 0 radical (unpaired) electrons. The van der Waals surface area contributed by atoms with Crippen molar-refractivity contribution in [3.63, 3.8) is 0 Å². The number of piperidine rings is 9. The monoisotopic (exact) mass is 1710 g/mol. The summed E-state index contributed by atoms with van der Waals surface area (Å²) in [4.78, 5) is 60.3. The molecule has 27 heteroatoms. The number of hydrogen-bond donors (Lipinski definition) is 11. The average molecular weight is 1710 g/mol. The fraction of sp³-hybridized carbons (Fsp3) is 0.906. The second-order valence-electron chi connectivity index (χ2n) is 52.3. The van der Waals surface area contributed by atoms with Crippen LogP contribution in [-0.2, 0) is 0 Å². The zero-order valence-corrected chi connectivity index (χ0v) is 84.2. The molecule has 9 saturated heterocycles. The minimum Gasteiger partial charge on any atom is -0.460 e. The number of rotatable bonds is 26. The first-order chi connectivity index (χ1) is 55.8. The molecular formula is C96H176N24O3. The third kappa shape index (κ3) is 26.6. The molecule has 3 aromatic heterocycles. The Bertz CT molecular complexity index is 3710. The smallest absolute Gasteiger partial charge is 0.323 e. The third-order valence-electron chi connectivity index (χ3n) is 27.2. The molecule has 3 aromatic rings. The van der Waals surface area contributed by atoms with Crippen LogP contribution in [0.5, 0.6) is 18.0 Å². The summed E-state index contributed by atoms with van der Waals surface area (Å²) in [6, 6.07) is 1.70. The fourth-order valence-corrected chi connectivity index (χ4v) is 27.1. The minimum absolute atomic E-state index is 0.0827. The number of aromatic nitrogens is 9. The molecule has 9 aliphatic heterocycles. The Kier molecular flexibility index (Phi) is 26.5. The first kappa shape index (κ1) is 96.9. The summed E-state index contributed by atoms with van der Waals surface area (Å²) in [6.07, 6.45) is 16.5. The van der Waals surface area contributed by atoms with E-state index in [-0.39, 0.29) is 154 Å². The molecule has 12 rings (SSSR count). The highest BCUT2D eigenvalue weighted by Crippen LogP contribution is 2.47. The zero-order valence-electron chi connectivity index (χ0n) is 84.2. The maximum absolute atomic E-state index is 7.41. The maximum Gasteiger partial charge on any atom is 0.323 e. The average Bonchev–Trinajstić information content (AvgIpc) is 0.763. The fourth-order valence-electron chi connectivity index (χ4n) is 27.1. The topological polar surface area (TPSA) is 289 Å². The molecular weight excluding hydrogens is 1540 g/mol. The van der Waals surface area contributed by atoms with E-state index in [1.807, 2.05) is 0 Å². The normalized spacial score (nSPS) is 27.5. The Morgan fingerprint density at radius 1 is 0.228 bits per heavy atom. The van der Waals surface area contributed by atoms with Crippen molar-refractivity contribution in [2.45, 2.75) is 532 Å². The van der Waals surface area contributed by atoms with E-state index < -0.39 is 0 Å². The van der Waals surface area contributed by atoms with E-state index in [9.17, 15) is 0 Å². The Balaban J connectivity index is 0.962. The van der Waals surface area contributed by atoms with Crippen molar-refractivity contribution in [1.82, 2.24) is 92.7 Å². The molecule has 0 atom stereocenters. The lowest BCUT2D eigenvalue weighted by molar-refractivity contribution is 0.0490. The summed E-state index contributed by atoms with van der Waals surface area (Å²) >= 11 is 0. The number of ether oxygens (including phenoxy) is 3. The van der Waals surface area contributed by atoms with Gasteiger partial charge in [-0.3, -0.25) is 0 Å². The zero-order chi connectivity index (χ0) is 90.9. The molecule has 12 heterocycles. The summed E-state index contributed by atoms with van der Waals surface area (Å²) in [7, 11) is 0. The first-order valence-corrected chi connectivity index (χ1v) is 47.8. The molecule has 11 N–H and O–H groups in total. The SMILES string of the molecule is CC1(C)CC(Oc2nc(NCCCN(CCCNc3nc(OC4CC(C)(C)NC(C)(C)C4)nc(N(C4CC(C)(C)NC(C)(C)C4)C4CC(C)(C)NC(C)(C)C4)n3)c3nc(OC4CC(C)(C)NC(C)(C)C4)nc(N(C4CC(C)(C)NC(C)(C)C4)C4CC(C)(C)NC(C)(C)C4)n3)nc(N(C3CC(C)(C)NC(C)(C)C3)C3CC(C)(C)NC(C)(C)C3)n2)CC(C)(C)N1. The van der Waals surface area contributed by atoms with Crippen LogP contribution in [0.15, 0.2) is 0 Å². The van der Waals surface area contributed by atoms with E-state index in [0.29, 0.717) is 92.7 Å². The standard InChI is InChI=1S/C96H176N24O3/c1-79(2)43-61(44-80(3,4)108-79)118(62-45-81(5,6)109-82(7,8)46-62)73-99-70(101-76(105-73)121-67-55-91(25,26)114-92(27,28)56-67)97-39-37-41-117(72-103-75(107-78(104-72)123-69-59-95(33,34)116-96(35,36)60-69)120(65-51-87(17,18)112-88(19,20)52-65)66-53-89(21,22)113-90(23,24)54-66)42-38-40-98-71-100-74(106-77(102-71)122-68-57-93(29,30)115-94(31,32)58-68)119(63-47-83(9,10)110-84(11,12)48-63)64-49-85(13,14)111-86(15,16)50-64/h61-69,108-116H,37-60H2,1-36H3,(H,97,99,101,105)(H,98,100,102,106). The van der Waals surface area contributed by atoms with Crippen molar-refractivity contribution >= 4 is 35.7 Å². The second-order valence-corrected chi connectivity index (χ2v) is 52.3. The minimum atomic E-state index is -0.205. The molecule has 123 heavy (non-hydrogen) atoms. The lowest BCUT2D eigenvalue weighted by Crippen LogP contribution is -2.67. The summed E-state index contributed by atoms with van der Waals surface area (Å²) < 4.78 is 21.8. The predicted octanol–water partition coefficient (Wildman–Crippen LogP) is 15.4. The van der Waals surface area contributed by atoms with Crippen molar-refractivity contribution in [2.75, 3.05) is 56.4 Å². The van der Waals surface area contributed by atoms with Gasteiger partial charge in [0, 0.05) is 201 Å². The van der Waals surface area contributed by atoms with E-state index >= 15 is 0 Å². The van der Waals surface area contributed by atoms with E-state index in [0.717, 1.165) is 116 Å². The molecule has 0 spiro atoms. The molecule has 27 nitrogen and oxygen atoms in total. The van der Waals surface area contributed by atoms with Crippen LogP contribution in [-0.4, -0.2) is 225 Å². The van der Waals surface area contributed by atoms with E-state index in [1.54, 1.807) is 0 Å².